The van der Waals surface area contributed by atoms with E-state index in [0.29, 0.717) is 81.5 Å². The van der Waals surface area contributed by atoms with Crippen LogP contribution in [-0.2, 0) is 9.59 Å². The van der Waals surface area contributed by atoms with E-state index in [9.17, 15) is 28.8 Å². The smallest absolute Gasteiger partial charge is 0.263 e. The fraction of sp³-hybridized carbons (Fsp3) is 0.452. The van der Waals surface area contributed by atoms with E-state index in [-0.39, 0.29) is 46.9 Å². The minimum atomic E-state index is -1.37. The van der Waals surface area contributed by atoms with Gasteiger partial charge in [-0.15, -0.1) is 0 Å². The van der Waals surface area contributed by atoms with Crippen LogP contribution >= 0.6 is 0 Å². The van der Waals surface area contributed by atoms with Gasteiger partial charge in [0.05, 0.1) is 28.6 Å². The van der Waals surface area contributed by atoms with Gasteiger partial charge in [0.2, 0.25) is 17.8 Å². The van der Waals surface area contributed by atoms with Crippen LogP contribution in [0.2, 0.25) is 0 Å². The normalized spacial score (nSPS) is 21.3. The molecule has 1 unspecified atom stereocenters. The zero-order valence-corrected chi connectivity index (χ0v) is 32.8. The zero-order valence-electron chi connectivity index (χ0n) is 32.8. The van der Waals surface area contributed by atoms with Crippen LogP contribution in [-0.4, -0.2) is 116 Å². The summed E-state index contributed by atoms with van der Waals surface area (Å²) in [6.07, 6.45) is 7.95. The number of imide groups is 2. The monoisotopic (exact) mass is 804 g/mol. The fourth-order valence-corrected chi connectivity index (χ4v) is 9.24. The summed E-state index contributed by atoms with van der Waals surface area (Å²) in [6.45, 7) is 5.43. The Kier molecular flexibility index (Phi) is 9.93. The lowest BCUT2D eigenvalue weighted by atomic mass is 9.91. The number of pyridine rings is 2. The third kappa shape index (κ3) is 7.32. The van der Waals surface area contributed by atoms with Crippen molar-refractivity contribution in [2.75, 3.05) is 60.9 Å². The van der Waals surface area contributed by atoms with Crippen LogP contribution in [0.3, 0.4) is 0 Å². The van der Waals surface area contributed by atoms with Gasteiger partial charge >= 0.3 is 0 Å². The number of carbonyl (C=O) groups excluding carboxylic acids is 5. The number of aromatic nitrogens is 4. The minimum Gasteiger partial charge on any atom is -0.371 e. The van der Waals surface area contributed by atoms with Gasteiger partial charge in [-0.1, -0.05) is 12.8 Å². The van der Waals surface area contributed by atoms with Crippen molar-refractivity contribution < 1.29 is 28.4 Å². The molecule has 4 aromatic rings. The number of fused-ring (bicyclic) bond motifs is 2. The molecule has 16 nitrogen and oxygen atoms in total. The van der Waals surface area contributed by atoms with Crippen molar-refractivity contribution >= 4 is 63.6 Å². The van der Waals surface area contributed by atoms with E-state index in [0.717, 1.165) is 42.0 Å². The lowest BCUT2D eigenvalue weighted by molar-refractivity contribution is -0.136. The highest BCUT2D eigenvalue weighted by Crippen LogP contribution is 2.35. The number of benzene rings is 1. The van der Waals surface area contributed by atoms with Gasteiger partial charge in [0.15, 0.2) is 5.78 Å². The van der Waals surface area contributed by atoms with Crippen LogP contribution in [0.25, 0.3) is 11.0 Å². The topological polar surface area (TPSA) is 183 Å². The van der Waals surface area contributed by atoms with Gasteiger partial charge in [-0.3, -0.25) is 48.5 Å². The summed E-state index contributed by atoms with van der Waals surface area (Å²) in [4.78, 5) is 97.2. The summed E-state index contributed by atoms with van der Waals surface area (Å²) >= 11 is 0. The van der Waals surface area contributed by atoms with E-state index in [1.165, 1.54) is 6.92 Å². The van der Waals surface area contributed by atoms with Gasteiger partial charge in [-0.2, -0.15) is 4.98 Å². The summed E-state index contributed by atoms with van der Waals surface area (Å²) in [5.41, 5.74) is 1.06. The quantitative estimate of drug-likeness (QED) is 0.184. The van der Waals surface area contributed by atoms with Gasteiger partial charge in [0, 0.05) is 88.4 Å². The first-order valence-corrected chi connectivity index (χ1v) is 20.4. The SMILES string of the molecule is CC(=O)c1cc2cnc(Nc3ccc(N4CCN(CC5(F)CCN(c6ccc7c(c6)C(=O)N(C6CCC(=O)NC6=O)C7=O)CC5)CC4)cn3)nc2n(C2CCCC2)c1=O. The number of carbonyl (C=O) groups is 5. The molecule has 4 amide bonds. The first kappa shape index (κ1) is 38.4. The van der Waals surface area contributed by atoms with E-state index in [1.807, 2.05) is 17.0 Å². The van der Waals surface area contributed by atoms with E-state index < -0.39 is 35.3 Å². The number of alkyl halides is 1. The largest absolute Gasteiger partial charge is 0.371 e. The Bertz CT molecular complexity index is 2430. The maximum atomic E-state index is 16.3. The standard InChI is InChI=1S/C42H45FN10O6/c1-25(54)31-20-26-22-45-41(48-36(26)52(39(31)58)27-4-2-3-5-27)46-34-10-7-29(23-44-34)51-18-16-49(17-19-51)24-42(43)12-14-50(15-13-42)28-6-8-30-32(21-28)40(59)53(38(30)57)33-9-11-35(55)47-37(33)56/h6-8,10,20-23,27,33H,2-5,9,11-19,24H2,1H3,(H,47,55,56)(H,44,45,46,48). The summed E-state index contributed by atoms with van der Waals surface area (Å²) in [6, 6.07) is 9.38. The van der Waals surface area contributed by atoms with Gasteiger partial charge in [0.25, 0.3) is 17.4 Å². The molecule has 0 bridgehead atoms. The second-order valence-electron chi connectivity index (χ2n) is 16.3. The average Bonchev–Trinajstić information content (AvgIpc) is 3.84. The first-order valence-electron chi connectivity index (χ1n) is 20.4. The highest BCUT2D eigenvalue weighted by atomic mass is 19.1. The predicted octanol–water partition coefficient (Wildman–Crippen LogP) is 3.78. The maximum absolute atomic E-state index is 16.3. The minimum absolute atomic E-state index is 0.0115. The number of anilines is 4. The third-order valence-corrected chi connectivity index (χ3v) is 12.5. The number of hydrogen-bond donors (Lipinski definition) is 2. The number of piperidine rings is 2. The molecule has 1 aliphatic carbocycles. The number of nitrogens with zero attached hydrogens (tertiary/aromatic N) is 8. The highest BCUT2D eigenvalue weighted by molar-refractivity contribution is 6.23. The van der Waals surface area contributed by atoms with E-state index in [2.05, 4.69) is 30.4 Å². The highest BCUT2D eigenvalue weighted by Gasteiger charge is 2.45. The Labute approximate surface area is 338 Å². The number of Topliss-reactive ketones (excluding diaryl/α,β-unsaturated/α-hetero) is 1. The second kappa shape index (κ2) is 15.3. The average molecular weight is 805 g/mol. The molecule has 4 fully saturated rings. The number of nitrogens with one attached hydrogen (secondary N) is 2. The predicted molar refractivity (Wildman–Crippen MR) is 216 cm³/mol. The van der Waals surface area contributed by atoms with Crippen LogP contribution in [0.15, 0.2) is 53.6 Å². The Hall–Kier alpha value is -6.10. The first-order chi connectivity index (χ1) is 28.4. The van der Waals surface area contributed by atoms with Crippen molar-refractivity contribution in [1.82, 2.24) is 34.6 Å². The van der Waals surface area contributed by atoms with Gasteiger partial charge < -0.3 is 15.1 Å². The molecule has 17 heteroatoms. The lowest BCUT2D eigenvalue weighted by Crippen LogP contribution is -2.54. The Balaban J connectivity index is 0.781. The van der Waals surface area contributed by atoms with E-state index >= 15 is 4.39 Å². The van der Waals surface area contributed by atoms with Crippen molar-refractivity contribution in [3.63, 3.8) is 0 Å². The molecule has 1 atom stereocenters. The molecule has 4 aliphatic heterocycles. The number of ketones is 1. The molecule has 3 saturated heterocycles. The summed E-state index contributed by atoms with van der Waals surface area (Å²) in [7, 11) is 0. The van der Waals surface area contributed by atoms with Crippen molar-refractivity contribution in [2.24, 2.45) is 0 Å². The molecule has 5 aliphatic rings. The van der Waals surface area contributed by atoms with Crippen LogP contribution in [0.1, 0.15) is 95.4 Å². The van der Waals surface area contributed by atoms with Gasteiger partial charge in [-0.05, 0) is 62.6 Å². The summed E-state index contributed by atoms with van der Waals surface area (Å²) < 4.78 is 18.0. The van der Waals surface area contributed by atoms with Crippen molar-refractivity contribution in [1.29, 1.82) is 0 Å². The Morgan fingerprint density at radius 1 is 0.847 bits per heavy atom. The number of rotatable bonds is 9. The fourth-order valence-electron chi connectivity index (χ4n) is 9.24. The molecule has 1 saturated carbocycles. The molecule has 2 N–H and O–H groups in total. The zero-order chi connectivity index (χ0) is 41.0. The molecule has 0 spiro atoms. The number of amides is 4. The lowest BCUT2D eigenvalue weighted by Gasteiger charge is -2.42. The molecule has 0 radical (unpaired) electrons. The number of piperazine rings is 1. The molecule has 306 valence electrons. The van der Waals surface area contributed by atoms with Gasteiger partial charge in [-0.25, -0.2) is 14.4 Å². The van der Waals surface area contributed by atoms with Crippen LogP contribution in [0, 0.1) is 0 Å². The van der Waals surface area contributed by atoms with E-state index in [4.69, 9.17) is 4.98 Å². The number of hydrogen-bond acceptors (Lipinski definition) is 13. The van der Waals surface area contributed by atoms with Crippen molar-refractivity contribution in [2.45, 2.75) is 76.0 Å². The van der Waals surface area contributed by atoms with Crippen LogP contribution in [0.5, 0.6) is 0 Å². The molecule has 1 aromatic carbocycles. The number of halogens is 1. The van der Waals surface area contributed by atoms with Gasteiger partial charge in [0.1, 0.15) is 23.2 Å². The molecular formula is C42H45FN10O6. The Morgan fingerprint density at radius 3 is 2.25 bits per heavy atom. The van der Waals surface area contributed by atoms with Crippen LogP contribution in [0.4, 0.5) is 27.5 Å². The summed E-state index contributed by atoms with van der Waals surface area (Å²) in [5.74, 6) is -1.62. The summed E-state index contributed by atoms with van der Waals surface area (Å²) in [5, 5.41) is 6.01. The third-order valence-electron chi connectivity index (χ3n) is 12.5. The van der Waals surface area contributed by atoms with E-state index in [1.54, 1.807) is 41.2 Å². The second-order valence-corrected chi connectivity index (χ2v) is 16.3. The molecule has 9 rings (SSSR count). The molecule has 7 heterocycles. The van der Waals surface area contributed by atoms with Crippen molar-refractivity contribution in [3.8, 4) is 0 Å². The molecule has 59 heavy (non-hydrogen) atoms. The molecular weight excluding hydrogens is 760 g/mol. The van der Waals surface area contributed by atoms with Crippen molar-refractivity contribution in [3.05, 3.63) is 75.8 Å². The molecule has 3 aromatic heterocycles. The maximum Gasteiger partial charge on any atom is 0.263 e. The van der Waals surface area contributed by atoms with Crippen LogP contribution < -0.4 is 26.0 Å². The Morgan fingerprint density at radius 2 is 1.56 bits per heavy atom.